The Balaban J connectivity index is 1.32. The lowest BCUT2D eigenvalue weighted by atomic mass is 9.77. The summed E-state index contributed by atoms with van der Waals surface area (Å²) in [6.45, 7) is 8.41. The molecule has 2 aliphatic carbocycles. The Hall–Kier alpha value is -5.40. The van der Waals surface area contributed by atoms with Crippen molar-refractivity contribution in [2.45, 2.75) is 109 Å². The molecule has 1 saturated carbocycles. The Morgan fingerprint density at radius 2 is 1.62 bits per heavy atom. The number of allylic oxidation sites excluding steroid dienone is 1. The molecule has 0 saturated heterocycles. The van der Waals surface area contributed by atoms with Gasteiger partial charge in [-0.25, -0.2) is 9.18 Å². The lowest BCUT2D eigenvalue weighted by Gasteiger charge is -2.42. The predicted molar refractivity (Wildman–Crippen MR) is 215 cm³/mol. The molecule has 5 atom stereocenters. The maximum atomic E-state index is 15.1. The third kappa shape index (κ3) is 9.82. The number of hydrogen-bond donors (Lipinski definition) is 6. The summed E-state index contributed by atoms with van der Waals surface area (Å²) < 4.78 is 57.3. The number of benzene rings is 2. The summed E-state index contributed by atoms with van der Waals surface area (Å²) >= 11 is 0. The lowest BCUT2D eigenvalue weighted by Crippen LogP contribution is -2.64. The summed E-state index contributed by atoms with van der Waals surface area (Å²) in [4.78, 5) is 48.7. The first-order valence-corrected chi connectivity index (χ1v) is 20.2. The minimum absolute atomic E-state index is 0.0191. The minimum atomic E-state index is -4.59. The number of hydrogen-bond acceptors (Lipinski definition) is 5. The number of aryl methyl sites for hydroxylation is 1. The third-order valence-corrected chi connectivity index (χ3v) is 11.8. The fourth-order valence-corrected chi connectivity index (χ4v) is 7.75. The quantitative estimate of drug-likeness (QED) is 0.0657. The van der Waals surface area contributed by atoms with Gasteiger partial charge in [0.15, 0.2) is 0 Å². The highest BCUT2D eigenvalue weighted by Crippen LogP contribution is 2.42. The molecular weight excluding hydrogens is 751 g/mol. The van der Waals surface area contributed by atoms with E-state index in [2.05, 4.69) is 36.6 Å². The van der Waals surface area contributed by atoms with Crippen molar-refractivity contribution in [3.63, 3.8) is 0 Å². The molecule has 4 amide bonds. The molecule has 6 N–H and O–H groups in total. The molecule has 14 heteroatoms. The Bertz CT molecular complexity index is 2130. The number of aromatic amines is 1. The highest BCUT2D eigenvalue weighted by atomic mass is 19.4. The first-order chi connectivity index (χ1) is 27.7. The normalized spacial score (nSPS) is 18.3. The van der Waals surface area contributed by atoms with E-state index in [9.17, 15) is 27.2 Å². The highest BCUT2D eigenvalue weighted by Gasteiger charge is 2.47. The van der Waals surface area contributed by atoms with Crippen molar-refractivity contribution >= 4 is 28.7 Å². The number of pyridine rings is 1. The molecule has 2 aliphatic rings. The molecule has 0 aliphatic heterocycles. The largest absolute Gasteiger partial charge is 0.418 e. The van der Waals surface area contributed by atoms with E-state index in [-0.39, 0.29) is 73.5 Å². The summed E-state index contributed by atoms with van der Waals surface area (Å²) in [6, 6.07) is 12.4. The van der Waals surface area contributed by atoms with Crippen molar-refractivity contribution in [3.05, 3.63) is 112 Å². The second-order valence-electron chi connectivity index (χ2n) is 15.8. The van der Waals surface area contributed by atoms with Crippen molar-refractivity contribution < 1.29 is 31.9 Å². The molecule has 2 aromatic carbocycles. The van der Waals surface area contributed by atoms with Gasteiger partial charge in [-0.3, -0.25) is 14.6 Å². The van der Waals surface area contributed by atoms with Crippen LogP contribution >= 0.6 is 0 Å². The Morgan fingerprint density at radius 1 is 0.897 bits per heavy atom. The van der Waals surface area contributed by atoms with Crippen LogP contribution in [0.2, 0.25) is 0 Å². The van der Waals surface area contributed by atoms with Crippen molar-refractivity contribution in [3.8, 4) is 0 Å². The molecule has 4 aromatic rings. The number of fused-ring (bicyclic) bond motifs is 3. The van der Waals surface area contributed by atoms with E-state index in [1.807, 2.05) is 27.7 Å². The molecule has 2 unspecified atom stereocenters. The van der Waals surface area contributed by atoms with Gasteiger partial charge in [0.1, 0.15) is 11.4 Å². The fraction of sp³-hybridized carbons (Fsp3) is 0.455. The standard InChI is InChI=1S/C44H53F4N7O3/c1-5-26(3)36(25-51-42(58)50-24-28-17-20-49-21-18-28)53-41(57)43(19-16-35-32(23-43)31-11-9-12-33(40(31)52-35)44(46,47)48)55-39(29-14-15-29)38(27(4)6-2)54-37(56)22-30-10-7-8-13-34(30)45/h7-13,17-18,20-21,26-27,36,38,52,55H,5-6,14-16,19,22-25H2,1-4H3,(H,53,57)(H,54,56)(H2,50,51,58)/t26?,27?,36-,38+,43-/m1/s1. The average molecular weight is 804 g/mol. The Kier molecular flexibility index (Phi) is 13.1. The first kappa shape index (κ1) is 42.2. The van der Waals surface area contributed by atoms with Crippen LogP contribution in [-0.4, -0.2) is 52.0 Å². The number of urea groups is 1. The molecule has 310 valence electrons. The van der Waals surface area contributed by atoms with Crippen LogP contribution in [0.1, 0.15) is 87.7 Å². The zero-order valence-corrected chi connectivity index (χ0v) is 33.4. The molecule has 2 aromatic heterocycles. The minimum Gasteiger partial charge on any atom is -0.373 e. The molecule has 0 bridgehead atoms. The number of carbonyl (C=O) groups excluding carboxylic acids is 3. The van der Waals surface area contributed by atoms with E-state index >= 15 is 4.79 Å². The van der Waals surface area contributed by atoms with E-state index in [4.69, 9.17) is 0 Å². The van der Waals surface area contributed by atoms with Crippen molar-refractivity contribution in [2.24, 2.45) is 11.8 Å². The van der Waals surface area contributed by atoms with Crippen LogP contribution in [0.5, 0.6) is 0 Å². The molecule has 0 spiro atoms. The van der Waals surface area contributed by atoms with Gasteiger partial charge in [0, 0.05) is 54.7 Å². The number of carbonyl (C=O) groups is 3. The number of nitrogens with one attached hydrogen (secondary N) is 6. The number of H-pyrrole nitrogens is 1. The van der Waals surface area contributed by atoms with Crippen molar-refractivity contribution in [1.82, 2.24) is 36.6 Å². The van der Waals surface area contributed by atoms with Gasteiger partial charge >= 0.3 is 12.2 Å². The number of rotatable bonds is 16. The first-order valence-electron chi connectivity index (χ1n) is 20.2. The zero-order valence-electron chi connectivity index (χ0n) is 33.4. The summed E-state index contributed by atoms with van der Waals surface area (Å²) in [5.74, 6) is -1.36. The van der Waals surface area contributed by atoms with Gasteiger partial charge in [-0.1, -0.05) is 70.9 Å². The fourth-order valence-electron chi connectivity index (χ4n) is 7.75. The smallest absolute Gasteiger partial charge is 0.373 e. The molecule has 6 rings (SSSR count). The van der Waals surface area contributed by atoms with Crippen LogP contribution in [-0.2, 0) is 41.6 Å². The summed E-state index contributed by atoms with van der Waals surface area (Å²) in [5.41, 5.74) is 2.00. The topological polar surface area (TPSA) is 140 Å². The Labute approximate surface area is 336 Å². The SMILES string of the molecule is CCC(C)[C@H](NC(=O)Cc1ccccc1F)C(N[C@]1(C(=O)N[C@H](CNC(=O)NCc2ccncc2)C(C)CC)CCc2[nH]c3c(C(F)(F)F)cccc3c2C1)=C1CC1. The maximum Gasteiger partial charge on any atom is 0.418 e. The lowest BCUT2D eigenvalue weighted by molar-refractivity contribution is -0.136. The highest BCUT2D eigenvalue weighted by molar-refractivity contribution is 5.92. The maximum absolute atomic E-state index is 15.1. The number of amides is 4. The number of aromatic nitrogens is 2. The van der Waals surface area contributed by atoms with Crippen LogP contribution in [0.25, 0.3) is 10.9 Å². The zero-order chi connectivity index (χ0) is 41.6. The van der Waals surface area contributed by atoms with Gasteiger partial charge in [-0.15, -0.1) is 0 Å². The molecule has 10 nitrogen and oxygen atoms in total. The van der Waals surface area contributed by atoms with E-state index in [0.29, 0.717) is 35.2 Å². The van der Waals surface area contributed by atoms with Crippen LogP contribution < -0.4 is 26.6 Å². The number of nitrogens with zero attached hydrogens (tertiary/aromatic N) is 1. The molecular formula is C44H53F4N7O3. The number of halogens is 4. The second-order valence-corrected chi connectivity index (χ2v) is 15.8. The van der Waals surface area contributed by atoms with Crippen LogP contribution in [0.4, 0.5) is 22.4 Å². The van der Waals surface area contributed by atoms with Gasteiger partial charge in [-0.05, 0) is 84.0 Å². The van der Waals surface area contributed by atoms with Gasteiger partial charge in [0.2, 0.25) is 11.8 Å². The van der Waals surface area contributed by atoms with E-state index in [1.165, 1.54) is 12.1 Å². The van der Waals surface area contributed by atoms with Gasteiger partial charge in [-0.2, -0.15) is 13.2 Å². The Morgan fingerprint density at radius 3 is 2.29 bits per heavy atom. The van der Waals surface area contributed by atoms with Crippen molar-refractivity contribution in [2.75, 3.05) is 6.54 Å². The van der Waals surface area contributed by atoms with E-state index in [0.717, 1.165) is 30.0 Å². The van der Waals surface area contributed by atoms with Gasteiger partial charge in [0.25, 0.3) is 0 Å². The second kappa shape index (κ2) is 18.0. The monoisotopic (exact) mass is 803 g/mol. The predicted octanol–water partition coefficient (Wildman–Crippen LogP) is 7.39. The van der Waals surface area contributed by atoms with E-state index < -0.39 is 41.2 Å². The summed E-state index contributed by atoms with van der Waals surface area (Å²) in [5, 5.41) is 16.2. The molecule has 1 fully saturated rings. The molecule has 58 heavy (non-hydrogen) atoms. The van der Waals surface area contributed by atoms with Crippen LogP contribution in [0.3, 0.4) is 0 Å². The van der Waals surface area contributed by atoms with Crippen LogP contribution in [0, 0.1) is 17.7 Å². The summed E-state index contributed by atoms with van der Waals surface area (Å²) in [6.07, 6.45) is 1.97. The number of alkyl halides is 3. The summed E-state index contributed by atoms with van der Waals surface area (Å²) in [7, 11) is 0. The average Bonchev–Trinajstić information content (AvgIpc) is 4.00. The molecule has 0 radical (unpaired) electrons. The van der Waals surface area contributed by atoms with Crippen molar-refractivity contribution in [1.29, 1.82) is 0 Å². The van der Waals surface area contributed by atoms with Crippen LogP contribution in [0.15, 0.2) is 78.3 Å². The molecule has 2 heterocycles. The van der Waals surface area contributed by atoms with Gasteiger partial charge < -0.3 is 31.6 Å². The number of para-hydroxylation sites is 1. The van der Waals surface area contributed by atoms with Gasteiger partial charge in [0.05, 0.1) is 23.5 Å². The third-order valence-electron chi connectivity index (χ3n) is 11.8. The van der Waals surface area contributed by atoms with E-state index in [1.54, 1.807) is 48.8 Å².